The van der Waals surface area contributed by atoms with Crippen LogP contribution in [-0.2, 0) is 0 Å². The molecule has 1 aromatic carbocycles. The predicted octanol–water partition coefficient (Wildman–Crippen LogP) is 1.27. The number of nitrogens with two attached hydrogens (primary N) is 1. The summed E-state index contributed by atoms with van der Waals surface area (Å²) in [6.45, 7) is 3.62. The Morgan fingerprint density at radius 1 is 1.53 bits per heavy atom. The first-order valence-electron chi connectivity index (χ1n) is 6.50. The minimum Gasteiger partial charge on any atom is -0.493 e. The molecule has 0 radical (unpaired) electrons. The molecule has 5 heteroatoms. The van der Waals surface area contributed by atoms with Crippen LogP contribution in [0.1, 0.15) is 23.7 Å². The molecule has 1 amide bonds. The molecule has 0 aromatic heterocycles. The van der Waals surface area contributed by atoms with E-state index in [1.54, 1.807) is 30.1 Å². The summed E-state index contributed by atoms with van der Waals surface area (Å²) in [6.07, 6.45) is 0.802. The van der Waals surface area contributed by atoms with Crippen LogP contribution in [0.2, 0.25) is 0 Å². The maximum absolute atomic E-state index is 12.2. The smallest absolute Gasteiger partial charge is 0.257 e. The summed E-state index contributed by atoms with van der Waals surface area (Å²) in [5.74, 6) is 1.28. The number of fused-ring (bicyclic) bond motifs is 1. The number of likely N-dealkylation sites (N-methyl/N-ethyl adjacent to an activating group) is 1. The van der Waals surface area contributed by atoms with Crippen molar-refractivity contribution in [2.75, 3.05) is 26.8 Å². The van der Waals surface area contributed by atoms with Crippen molar-refractivity contribution in [3.63, 3.8) is 0 Å². The van der Waals surface area contributed by atoms with E-state index in [9.17, 15) is 4.79 Å². The molecule has 5 nitrogen and oxygen atoms in total. The van der Waals surface area contributed by atoms with Crippen LogP contribution in [-0.4, -0.2) is 43.7 Å². The molecular formula is C14H20N2O3. The molecule has 1 atom stereocenters. The van der Waals surface area contributed by atoms with Crippen LogP contribution >= 0.6 is 0 Å². The van der Waals surface area contributed by atoms with Crippen LogP contribution < -0.4 is 15.2 Å². The third kappa shape index (κ3) is 2.98. The van der Waals surface area contributed by atoms with Gasteiger partial charge < -0.3 is 20.1 Å². The molecule has 0 bridgehead atoms. The molecule has 1 aliphatic rings. The van der Waals surface area contributed by atoms with Gasteiger partial charge in [0.15, 0.2) is 0 Å². The van der Waals surface area contributed by atoms with Crippen LogP contribution in [0.3, 0.4) is 0 Å². The minimum absolute atomic E-state index is 0.0199. The molecule has 2 rings (SSSR count). The van der Waals surface area contributed by atoms with Crippen molar-refractivity contribution in [1.82, 2.24) is 4.90 Å². The quantitative estimate of drug-likeness (QED) is 0.832. The average molecular weight is 264 g/mol. The largest absolute Gasteiger partial charge is 0.493 e. The Kier molecular flexibility index (Phi) is 4.27. The highest BCUT2D eigenvalue weighted by Crippen LogP contribution is 2.28. The Balaban J connectivity index is 2.19. The van der Waals surface area contributed by atoms with Gasteiger partial charge >= 0.3 is 0 Å². The van der Waals surface area contributed by atoms with Crippen molar-refractivity contribution in [3.8, 4) is 11.5 Å². The van der Waals surface area contributed by atoms with Gasteiger partial charge in [0.2, 0.25) is 0 Å². The van der Waals surface area contributed by atoms with Crippen molar-refractivity contribution < 1.29 is 14.3 Å². The fourth-order valence-electron chi connectivity index (χ4n) is 1.87. The van der Waals surface area contributed by atoms with Crippen LogP contribution in [0.15, 0.2) is 18.2 Å². The summed E-state index contributed by atoms with van der Waals surface area (Å²) in [4.78, 5) is 13.9. The lowest BCUT2D eigenvalue weighted by Crippen LogP contribution is -2.36. The maximum atomic E-state index is 12.2. The molecule has 0 saturated carbocycles. The van der Waals surface area contributed by atoms with E-state index in [0.717, 1.165) is 6.42 Å². The van der Waals surface area contributed by atoms with E-state index >= 15 is 0 Å². The van der Waals surface area contributed by atoms with Gasteiger partial charge in [0.25, 0.3) is 5.91 Å². The summed E-state index contributed by atoms with van der Waals surface area (Å²) in [6, 6.07) is 5.38. The third-order valence-electron chi connectivity index (χ3n) is 3.26. The number of amides is 1. The second kappa shape index (κ2) is 5.93. The Morgan fingerprint density at radius 3 is 3.05 bits per heavy atom. The normalized spacial score (nSPS) is 18.6. The monoisotopic (exact) mass is 264 g/mol. The van der Waals surface area contributed by atoms with Gasteiger partial charge in [-0.1, -0.05) is 0 Å². The standard InChI is InChI=1S/C14H20N2O3/c1-10-9-19-13-8-11(18-7-3-6-15)4-5-12(13)14(17)16(10)2/h4-5,8,10H,3,6-7,9,15H2,1-2H3. The average Bonchev–Trinajstić information content (AvgIpc) is 2.52. The van der Waals surface area contributed by atoms with Gasteiger partial charge in [-0.15, -0.1) is 0 Å². The minimum atomic E-state index is -0.0199. The zero-order valence-electron chi connectivity index (χ0n) is 11.4. The number of carbonyl (C=O) groups excluding carboxylic acids is 1. The van der Waals surface area contributed by atoms with Crippen molar-refractivity contribution in [1.29, 1.82) is 0 Å². The molecule has 0 saturated heterocycles. The number of ether oxygens (including phenoxy) is 2. The molecule has 0 fully saturated rings. The van der Waals surface area contributed by atoms with Crippen molar-refractivity contribution >= 4 is 5.91 Å². The van der Waals surface area contributed by atoms with E-state index in [1.165, 1.54) is 0 Å². The SMILES string of the molecule is CC1COc2cc(OCCCN)ccc2C(=O)N1C. The molecule has 19 heavy (non-hydrogen) atoms. The van der Waals surface area contributed by atoms with E-state index in [2.05, 4.69) is 0 Å². The molecule has 1 aliphatic heterocycles. The summed E-state index contributed by atoms with van der Waals surface area (Å²) >= 11 is 0. The van der Waals surface area contributed by atoms with Crippen LogP contribution in [0, 0.1) is 0 Å². The molecule has 2 N–H and O–H groups in total. The summed E-state index contributed by atoms with van der Waals surface area (Å²) < 4.78 is 11.2. The first-order chi connectivity index (χ1) is 9.13. The topological polar surface area (TPSA) is 64.8 Å². The van der Waals surface area contributed by atoms with Crippen LogP contribution in [0.5, 0.6) is 11.5 Å². The van der Waals surface area contributed by atoms with Gasteiger partial charge in [-0.25, -0.2) is 0 Å². The number of hydrogen-bond donors (Lipinski definition) is 1. The zero-order valence-corrected chi connectivity index (χ0v) is 11.4. The lowest BCUT2D eigenvalue weighted by atomic mass is 10.1. The molecule has 0 aliphatic carbocycles. The highest BCUT2D eigenvalue weighted by molar-refractivity contribution is 5.97. The molecule has 1 heterocycles. The first-order valence-corrected chi connectivity index (χ1v) is 6.50. The Hall–Kier alpha value is -1.75. The van der Waals surface area contributed by atoms with Crippen LogP contribution in [0.25, 0.3) is 0 Å². The predicted molar refractivity (Wildman–Crippen MR) is 72.7 cm³/mol. The van der Waals surface area contributed by atoms with Crippen molar-refractivity contribution in [2.24, 2.45) is 5.73 Å². The van der Waals surface area contributed by atoms with Gasteiger partial charge in [-0.05, 0) is 32.0 Å². The molecule has 104 valence electrons. The maximum Gasteiger partial charge on any atom is 0.257 e. The molecule has 1 aromatic rings. The van der Waals surface area contributed by atoms with E-state index in [-0.39, 0.29) is 11.9 Å². The van der Waals surface area contributed by atoms with E-state index in [0.29, 0.717) is 36.8 Å². The highest BCUT2D eigenvalue weighted by atomic mass is 16.5. The molecular weight excluding hydrogens is 244 g/mol. The number of nitrogens with zero attached hydrogens (tertiary/aromatic N) is 1. The molecule has 1 unspecified atom stereocenters. The summed E-state index contributed by atoms with van der Waals surface area (Å²) in [7, 11) is 1.79. The Bertz CT molecular complexity index is 462. The lowest BCUT2D eigenvalue weighted by molar-refractivity contribution is 0.0732. The van der Waals surface area contributed by atoms with E-state index < -0.39 is 0 Å². The highest BCUT2D eigenvalue weighted by Gasteiger charge is 2.25. The van der Waals surface area contributed by atoms with Gasteiger partial charge in [-0.2, -0.15) is 0 Å². The number of carbonyl (C=O) groups is 1. The van der Waals surface area contributed by atoms with Gasteiger partial charge in [0, 0.05) is 13.1 Å². The van der Waals surface area contributed by atoms with Crippen LogP contribution in [0.4, 0.5) is 0 Å². The Labute approximate surface area is 113 Å². The second-order valence-electron chi connectivity index (χ2n) is 4.72. The number of benzene rings is 1. The van der Waals surface area contributed by atoms with Crippen molar-refractivity contribution in [3.05, 3.63) is 23.8 Å². The zero-order chi connectivity index (χ0) is 13.8. The third-order valence-corrected chi connectivity index (χ3v) is 3.26. The van der Waals surface area contributed by atoms with E-state index in [4.69, 9.17) is 15.2 Å². The van der Waals surface area contributed by atoms with Gasteiger partial charge in [-0.3, -0.25) is 4.79 Å². The fourth-order valence-corrected chi connectivity index (χ4v) is 1.87. The lowest BCUT2D eigenvalue weighted by Gasteiger charge is -2.20. The summed E-state index contributed by atoms with van der Waals surface area (Å²) in [5, 5.41) is 0. The summed E-state index contributed by atoms with van der Waals surface area (Å²) in [5.41, 5.74) is 6.00. The van der Waals surface area contributed by atoms with E-state index in [1.807, 2.05) is 6.92 Å². The number of hydrogen-bond acceptors (Lipinski definition) is 4. The fraction of sp³-hybridized carbons (Fsp3) is 0.500. The van der Waals surface area contributed by atoms with Crippen molar-refractivity contribution in [2.45, 2.75) is 19.4 Å². The van der Waals surface area contributed by atoms with Gasteiger partial charge in [0.05, 0.1) is 18.2 Å². The molecule has 0 spiro atoms. The van der Waals surface area contributed by atoms with Gasteiger partial charge in [0.1, 0.15) is 18.1 Å². The number of rotatable bonds is 4. The first kappa shape index (κ1) is 13.7. The Morgan fingerprint density at radius 2 is 2.32 bits per heavy atom. The second-order valence-corrected chi connectivity index (χ2v) is 4.72.